The molecular weight excluding hydrogens is 264 g/mol. The molecule has 0 amide bonds. The molecule has 0 unspecified atom stereocenters. The molecule has 2 aliphatic rings. The van der Waals surface area contributed by atoms with Crippen LogP contribution < -0.4 is 4.74 Å². The van der Waals surface area contributed by atoms with E-state index in [-0.39, 0.29) is 6.10 Å². The number of ether oxygens (including phenoxy) is 1. The number of hydrogen-bond acceptors (Lipinski definition) is 4. The van der Waals surface area contributed by atoms with E-state index in [0.29, 0.717) is 18.7 Å². The molecule has 116 valence electrons. The van der Waals surface area contributed by atoms with E-state index >= 15 is 0 Å². The molecule has 2 saturated heterocycles. The summed E-state index contributed by atoms with van der Waals surface area (Å²) in [6.45, 7) is 8.88. The van der Waals surface area contributed by atoms with Crippen LogP contribution in [-0.4, -0.2) is 59.3 Å². The van der Waals surface area contributed by atoms with E-state index in [4.69, 9.17) is 4.74 Å². The lowest BCUT2D eigenvalue weighted by Gasteiger charge is -2.42. The lowest BCUT2D eigenvalue weighted by molar-refractivity contribution is 0.0522. The normalized spacial score (nSPS) is 30.3. The minimum atomic E-state index is -0.141. The molecule has 0 aliphatic carbocycles. The van der Waals surface area contributed by atoms with Crippen LogP contribution in [0, 0.1) is 0 Å². The fraction of sp³-hybridized carbons (Fsp3) is 0.647. The first kappa shape index (κ1) is 14.8. The highest BCUT2D eigenvalue weighted by molar-refractivity contribution is 5.33. The summed E-state index contributed by atoms with van der Waals surface area (Å²) in [5.41, 5.74) is 1.26. The largest absolute Gasteiger partial charge is 0.494 e. The zero-order valence-electron chi connectivity index (χ0n) is 13.0. The Morgan fingerprint density at radius 3 is 2.86 bits per heavy atom. The standard InChI is InChI=1S/C17H26N2O2/c1-3-21-17-7-5-4-6-14(17)10-18-11-15-8-16(20)12-19(15)9-13(18)2/h4-7,13,15-16,20H,3,8-12H2,1-2H3/t13-,15+,16+/m0/s1. The predicted molar refractivity (Wildman–Crippen MR) is 83.5 cm³/mol. The summed E-state index contributed by atoms with van der Waals surface area (Å²) in [7, 11) is 0. The zero-order chi connectivity index (χ0) is 14.8. The van der Waals surface area contributed by atoms with Gasteiger partial charge in [0, 0.05) is 43.8 Å². The van der Waals surface area contributed by atoms with E-state index in [1.807, 2.05) is 13.0 Å². The van der Waals surface area contributed by atoms with E-state index in [1.165, 1.54) is 5.56 Å². The van der Waals surface area contributed by atoms with Gasteiger partial charge in [-0.2, -0.15) is 0 Å². The Morgan fingerprint density at radius 1 is 1.24 bits per heavy atom. The average molecular weight is 290 g/mol. The van der Waals surface area contributed by atoms with Gasteiger partial charge in [-0.3, -0.25) is 9.80 Å². The van der Waals surface area contributed by atoms with Gasteiger partial charge < -0.3 is 9.84 Å². The summed E-state index contributed by atoms with van der Waals surface area (Å²) in [4.78, 5) is 4.97. The van der Waals surface area contributed by atoms with E-state index < -0.39 is 0 Å². The number of hydrogen-bond donors (Lipinski definition) is 1. The minimum absolute atomic E-state index is 0.141. The van der Waals surface area contributed by atoms with Crippen LogP contribution in [0.4, 0.5) is 0 Å². The number of rotatable bonds is 4. The van der Waals surface area contributed by atoms with Gasteiger partial charge in [0.15, 0.2) is 0 Å². The van der Waals surface area contributed by atoms with Crippen LogP contribution in [-0.2, 0) is 6.54 Å². The Kier molecular flexibility index (Phi) is 4.48. The Labute approximate surface area is 127 Å². The van der Waals surface area contributed by atoms with Crippen molar-refractivity contribution in [2.45, 2.75) is 45.0 Å². The lowest BCUT2D eigenvalue weighted by atomic mass is 10.1. The van der Waals surface area contributed by atoms with Crippen molar-refractivity contribution < 1.29 is 9.84 Å². The molecule has 1 aromatic carbocycles. The maximum Gasteiger partial charge on any atom is 0.123 e. The van der Waals surface area contributed by atoms with Crippen molar-refractivity contribution in [1.29, 1.82) is 0 Å². The Morgan fingerprint density at radius 2 is 2.05 bits per heavy atom. The van der Waals surface area contributed by atoms with Gasteiger partial charge in [-0.25, -0.2) is 0 Å². The van der Waals surface area contributed by atoms with Crippen LogP contribution in [0.25, 0.3) is 0 Å². The molecule has 21 heavy (non-hydrogen) atoms. The Bertz CT molecular complexity index is 480. The maximum atomic E-state index is 9.86. The van der Waals surface area contributed by atoms with E-state index in [9.17, 15) is 5.11 Å². The van der Waals surface area contributed by atoms with Crippen LogP contribution in [0.3, 0.4) is 0 Å². The van der Waals surface area contributed by atoms with Gasteiger partial charge in [-0.1, -0.05) is 18.2 Å². The smallest absolute Gasteiger partial charge is 0.123 e. The van der Waals surface area contributed by atoms with E-state index in [2.05, 4.69) is 34.9 Å². The van der Waals surface area contributed by atoms with Gasteiger partial charge in [-0.15, -0.1) is 0 Å². The molecule has 2 aliphatic heterocycles. The number of aliphatic hydroxyl groups excluding tert-OH is 1. The first-order valence-corrected chi connectivity index (χ1v) is 8.04. The molecule has 3 atom stereocenters. The van der Waals surface area contributed by atoms with Gasteiger partial charge >= 0.3 is 0 Å². The van der Waals surface area contributed by atoms with Crippen LogP contribution >= 0.6 is 0 Å². The molecule has 0 radical (unpaired) electrons. The van der Waals surface area contributed by atoms with E-state index in [1.54, 1.807) is 0 Å². The van der Waals surface area contributed by atoms with Crippen molar-refractivity contribution in [2.75, 3.05) is 26.2 Å². The first-order valence-electron chi connectivity index (χ1n) is 8.04. The highest BCUT2D eigenvalue weighted by Crippen LogP contribution is 2.28. The predicted octanol–water partition coefficient (Wildman–Crippen LogP) is 1.72. The maximum absolute atomic E-state index is 9.86. The Hall–Kier alpha value is -1.10. The second kappa shape index (κ2) is 6.34. The quantitative estimate of drug-likeness (QED) is 0.916. The highest BCUT2D eigenvalue weighted by Gasteiger charge is 2.38. The van der Waals surface area contributed by atoms with Crippen molar-refractivity contribution in [2.24, 2.45) is 0 Å². The number of benzene rings is 1. The SMILES string of the molecule is CCOc1ccccc1CN1C[C@H]2C[C@@H](O)CN2C[C@@H]1C. The molecule has 0 spiro atoms. The van der Waals surface area contributed by atoms with Crippen molar-refractivity contribution >= 4 is 0 Å². The van der Waals surface area contributed by atoms with Gasteiger partial charge in [0.2, 0.25) is 0 Å². The van der Waals surface area contributed by atoms with Gasteiger partial charge in [-0.05, 0) is 26.3 Å². The van der Waals surface area contributed by atoms with Gasteiger partial charge in [0.05, 0.1) is 12.7 Å². The van der Waals surface area contributed by atoms with Crippen molar-refractivity contribution in [3.05, 3.63) is 29.8 Å². The van der Waals surface area contributed by atoms with Crippen molar-refractivity contribution in [3.63, 3.8) is 0 Å². The third kappa shape index (κ3) is 3.23. The molecule has 0 bridgehead atoms. The lowest BCUT2D eigenvalue weighted by Crippen LogP contribution is -2.54. The molecule has 0 saturated carbocycles. The summed E-state index contributed by atoms with van der Waals surface area (Å²) in [6.07, 6.45) is 0.772. The van der Waals surface area contributed by atoms with Gasteiger partial charge in [0.25, 0.3) is 0 Å². The fourth-order valence-electron chi connectivity index (χ4n) is 3.65. The number of para-hydroxylation sites is 1. The third-order valence-corrected chi connectivity index (χ3v) is 4.72. The summed E-state index contributed by atoms with van der Waals surface area (Å²) >= 11 is 0. The zero-order valence-corrected chi connectivity index (χ0v) is 13.0. The van der Waals surface area contributed by atoms with Crippen molar-refractivity contribution in [3.8, 4) is 5.75 Å². The molecular formula is C17H26N2O2. The molecule has 0 aromatic heterocycles. The van der Waals surface area contributed by atoms with Crippen LogP contribution in [0.5, 0.6) is 5.75 Å². The number of aliphatic hydroxyl groups is 1. The van der Waals surface area contributed by atoms with Crippen LogP contribution in [0.15, 0.2) is 24.3 Å². The van der Waals surface area contributed by atoms with Gasteiger partial charge in [0.1, 0.15) is 5.75 Å². The Balaban J connectivity index is 1.70. The summed E-state index contributed by atoms with van der Waals surface area (Å²) in [6, 6.07) is 9.35. The molecule has 4 heteroatoms. The van der Waals surface area contributed by atoms with Crippen LogP contribution in [0.2, 0.25) is 0 Å². The molecule has 4 nitrogen and oxygen atoms in total. The second-order valence-corrected chi connectivity index (χ2v) is 6.32. The number of piperazine rings is 1. The monoisotopic (exact) mass is 290 g/mol. The molecule has 3 rings (SSSR count). The second-order valence-electron chi connectivity index (χ2n) is 6.32. The van der Waals surface area contributed by atoms with E-state index in [0.717, 1.165) is 38.3 Å². The third-order valence-electron chi connectivity index (χ3n) is 4.72. The van der Waals surface area contributed by atoms with Crippen LogP contribution in [0.1, 0.15) is 25.8 Å². The molecule has 1 N–H and O–H groups in total. The average Bonchev–Trinajstić information content (AvgIpc) is 2.81. The number of fused-ring (bicyclic) bond motifs is 1. The first-order chi connectivity index (χ1) is 10.2. The van der Waals surface area contributed by atoms with Crippen molar-refractivity contribution in [1.82, 2.24) is 9.80 Å². The number of nitrogens with zero attached hydrogens (tertiary/aromatic N) is 2. The summed E-state index contributed by atoms with van der Waals surface area (Å²) < 4.78 is 5.74. The fourth-order valence-corrected chi connectivity index (χ4v) is 3.65. The topological polar surface area (TPSA) is 35.9 Å². The summed E-state index contributed by atoms with van der Waals surface area (Å²) in [5, 5.41) is 9.86. The summed E-state index contributed by atoms with van der Waals surface area (Å²) in [5.74, 6) is 1.00. The highest BCUT2D eigenvalue weighted by atomic mass is 16.5. The molecule has 2 heterocycles. The molecule has 2 fully saturated rings. The molecule has 1 aromatic rings. The minimum Gasteiger partial charge on any atom is -0.494 e.